The lowest BCUT2D eigenvalue weighted by Gasteiger charge is -2.55. The van der Waals surface area contributed by atoms with Crippen LogP contribution in [0.1, 0.15) is 67.0 Å². The zero-order chi connectivity index (χ0) is 39.2. The third-order valence-corrected chi connectivity index (χ3v) is 9.62. The lowest BCUT2D eigenvalue weighted by molar-refractivity contribution is -0.143. The number of ether oxygens (including phenoxy) is 2. The van der Waals surface area contributed by atoms with Crippen molar-refractivity contribution in [1.29, 1.82) is 5.41 Å². The Kier molecular flexibility index (Phi) is 12.5. The molecule has 0 saturated carbocycles. The van der Waals surface area contributed by atoms with Crippen molar-refractivity contribution >= 4 is 24.4 Å². The monoisotopic (exact) mass is 749 g/mol. The quantitative estimate of drug-likeness (QED) is 0.111. The molecule has 0 unspecified atom stereocenters. The minimum Gasteiger partial charge on any atom is -0.445 e. The van der Waals surface area contributed by atoms with E-state index in [-0.39, 0.29) is 31.9 Å². The molecule has 1 aliphatic heterocycles. The fourth-order valence-electron chi connectivity index (χ4n) is 6.44. The van der Waals surface area contributed by atoms with Gasteiger partial charge >= 0.3 is 24.5 Å². The van der Waals surface area contributed by atoms with Gasteiger partial charge in [-0.3, -0.25) is 20.0 Å². The second-order valence-electron chi connectivity index (χ2n) is 13.0. The molecule has 53 heavy (non-hydrogen) atoms. The Hall–Kier alpha value is -5.12. The molecule has 3 atom stereocenters. The van der Waals surface area contributed by atoms with Crippen molar-refractivity contribution in [3.05, 3.63) is 107 Å². The van der Waals surface area contributed by atoms with E-state index in [4.69, 9.17) is 20.6 Å². The highest BCUT2D eigenvalue weighted by Crippen LogP contribution is 2.46. The highest BCUT2D eigenvalue weighted by atomic mass is 19.4. The Labute approximate surface area is 302 Å². The van der Waals surface area contributed by atoms with Crippen LogP contribution in [0.25, 0.3) is 0 Å². The summed E-state index contributed by atoms with van der Waals surface area (Å²) in [7, 11) is 1.55. The average molecular weight is 750 g/mol. The molecule has 4 amide bonds. The third kappa shape index (κ3) is 9.28. The molecule has 3 N–H and O–H groups in total. The number of urea groups is 1. The predicted molar refractivity (Wildman–Crippen MR) is 182 cm³/mol. The zero-order valence-corrected chi connectivity index (χ0v) is 29.3. The van der Waals surface area contributed by atoms with E-state index >= 15 is 0 Å². The Morgan fingerprint density at radius 1 is 0.943 bits per heavy atom. The van der Waals surface area contributed by atoms with Crippen molar-refractivity contribution < 1.29 is 50.2 Å². The molecule has 3 aromatic rings. The van der Waals surface area contributed by atoms with Crippen molar-refractivity contribution in [1.82, 2.24) is 14.7 Å². The molecule has 1 saturated heterocycles. The third-order valence-electron chi connectivity index (χ3n) is 9.62. The van der Waals surface area contributed by atoms with Gasteiger partial charge in [0.25, 0.3) is 0 Å². The number of rotatable bonds is 12. The van der Waals surface area contributed by atoms with Crippen molar-refractivity contribution in [3.63, 3.8) is 0 Å². The summed E-state index contributed by atoms with van der Waals surface area (Å²) in [5, 5.41) is 8.09. The second-order valence-corrected chi connectivity index (χ2v) is 13.0. The summed E-state index contributed by atoms with van der Waals surface area (Å²) in [5.74, 6) is -0.416. The maximum atomic E-state index is 14.3. The molecule has 0 radical (unpaired) electrons. The van der Waals surface area contributed by atoms with Crippen molar-refractivity contribution in [2.45, 2.75) is 69.3 Å². The van der Waals surface area contributed by atoms with Crippen molar-refractivity contribution in [2.24, 2.45) is 5.73 Å². The van der Waals surface area contributed by atoms with Crippen molar-refractivity contribution in [3.8, 4) is 0 Å². The first-order valence-corrected chi connectivity index (χ1v) is 16.6. The van der Waals surface area contributed by atoms with Crippen LogP contribution in [0.3, 0.4) is 0 Å². The first-order chi connectivity index (χ1) is 24.9. The van der Waals surface area contributed by atoms with Crippen LogP contribution in [0, 0.1) is 5.41 Å². The first kappa shape index (κ1) is 40.6. The smallest absolute Gasteiger partial charge is 0.416 e. The normalized spacial score (nSPS) is 19.6. The summed E-state index contributed by atoms with van der Waals surface area (Å²) in [6.07, 6.45) is -12.2. The number of halogens is 6. The summed E-state index contributed by atoms with van der Waals surface area (Å²) in [4.78, 5) is 44.1. The van der Waals surface area contributed by atoms with Crippen LogP contribution in [-0.4, -0.2) is 71.4 Å². The van der Waals surface area contributed by atoms with Crippen LogP contribution < -0.4 is 5.73 Å². The average Bonchev–Trinajstić information content (AvgIpc) is 3.12. The van der Waals surface area contributed by atoms with E-state index in [2.05, 4.69) is 0 Å². The van der Waals surface area contributed by atoms with E-state index in [1.54, 1.807) is 74.6 Å². The van der Waals surface area contributed by atoms with Gasteiger partial charge in [0, 0.05) is 20.1 Å². The van der Waals surface area contributed by atoms with Crippen LogP contribution >= 0.6 is 0 Å². The number of primary amides is 1. The number of carbonyl (C=O) groups is 3. The molecule has 4 rings (SSSR count). The number of benzene rings is 3. The largest absolute Gasteiger partial charge is 0.445 e. The number of nitrogens with one attached hydrogen (secondary N) is 1. The van der Waals surface area contributed by atoms with Gasteiger partial charge in [-0.25, -0.2) is 9.59 Å². The Morgan fingerprint density at radius 2 is 1.51 bits per heavy atom. The highest BCUT2D eigenvalue weighted by Gasteiger charge is 2.55. The van der Waals surface area contributed by atoms with Crippen LogP contribution in [-0.2, 0) is 38.8 Å². The Balaban J connectivity index is 1.84. The van der Waals surface area contributed by atoms with Gasteiger partial charge in [-0.2, -0.15) is 26.3 Å². The van der Waals surface area contributed by atoms with Gasteiger partial charge in [0.05, 0.1) is 47.7 Å². The van der Waals surface area contributed by atoms with Gasteiger partial charge < -0.3 is 20.1 Å². The van der Waals surface area contributed by atoms with E-state index in [0.717, 1.165) is 4.90 Å². The number of piperidine rings is 1. The van der Waals surface area contributed by atoms with Gasteiger partial charge in [0.15, 0.2) is 0 Å². The lowest BCUT2D eigenvalue weighted by atomic mass is 9.72. The van der Waals surface area contributed by atoms with Gasteiger partial charge in [-0.1, -0.05) is 60.7 Å². The van der Waals surface area contributed by atoms with Crippen LogP contribution in [0.2, 0.25) is 0 Å². The molecule has 0 spiro atoms. The molecule has 0 bridgehead atoms. The molecule has 0 aliphatic carbocycles. The number of hydrogen-bond donors (Lipinski definition) is 2. The standard InChI is InChI=1S/C37H41F6N5O5/c1-4-46(3)31(49)20-34(48(24-44)32(45)50)15-16-35(28-13-9-6-10-14-28,47(22-34)33(51)52-21-26-11-7-5-8-12-26)23-53-25(2)27-17-29(36(38,39)40)19-30(18-27)37(41,42)43/h5-14,17-19,24-25,44H,4,15-16,20-23H2,1-3H3,(H2,45,50)/t25-,34-,35-/m1/s1. The lowest BCUT2D eigenvalue weighted by Crippen LogP contribution is -2.68. The Bertz CT molecular complexity index is 1730. The number of likely N-dealkylation sites (tertiary alicyclic amines) is 1. The number of amides is 4. The van der Waals surface area contributed by atoms with Gasteiger partial charge in [-0.15, -0.1) is 0 Å². The number of carbonyl (C=O) groups excluding carboxylic acids is 3. The van der Waals surface area contributed by atoms with Crippen molar-refractivity contribution in [2.75, 3.05) is 26.7 Å². The molecule has 3 aromatic carbocycles. The summed E-state index contributed by atoms with van der Waals surface area (Å²) >= 11 is 0. The summed E-state index contributed by atoms with van der Waals surface area (Å²) < 4.78 is 94.3. The van der Waals surface area contributed by atoms with E-state index in [1.807, 2.05) is 0 Å². The van der Waals surface area contributed by atoms with Crippen LogP contribution in [0.15, 0.2) is 78.9 Å². The van der Waals surface area contributed by atoms with Crippen LogP contribution in [0.5, 0.6) is 0 Å². The van der Waals surface area contributed by atoms with Gasteiger partial charge in [0.1, 0.15) is 6.61 Å². The minimum absolute atomic E-state index is 0.0257. The minimum atomic E-state index is -5.09. The number of hydrogen-bond acceptors (Lipinski definition) is 6. The molecule has 10 nitrogen and oxygen atoms in total. The zero-order valence-electron chi connectivity index (χ0n) is 29.3. The maximum Gasteiger partial charge on any atom is 0.416 e. The second kappa shape index (κ2) is 16.3. The van der Waals surface area contributed by atoms with Crippen LogP contribution in [0.4, 0.5) is 35.9 Å². The molecule has 1 fully saturated rings. The van der Waals surface area contributed by atoms with E-state index in [0.29, 0.717) is 36.1 Å². The first-order valence-electron chi connectivity index (χ1n) is 16.6. The van der Waals surface area contributed by atoms with E-state index < -0.39 is 77.4 Å². The SMILES string of the molecule is CCN(C)C(=O)C[C@]1(N(C=N)C(N)=O)CC[C@@](CO[C@H](C)c2cc(C(F)(F)F)cc(C(F)(F)F)c2)(c2ccccc2)N(C(=O)OCc2ccccc2)C1. The summed E-state index contributed by atoms with van der Waals surface area (Å²) in [6, 6.07) is 17.2. The fourth-order valence-corrected chi connectivity index (χ4v) is 6.44. The van der Waals surface area contributed by atoms with E-state index in [9.17, 15) is 40.7 Å². The summed E-state index contributed by atoms with van der Waals surface area (Å²) in [6.45, 7) is 2.26. The highest BCUT2D eigenvalue weighted by molar-refractivity contribution is 5.87. The topological polar surface area (TPSA) is 129 Å². The maximum absolute atomic E-state index is 14.3. The fraction of sp³-hybridized carbons (Fsp3) is 0.405. The number of nitrogens with two attached hydrogens (primary N) is 1. The van der Waals surface area contributed by atoms with E-state index in [1.165, 1.54) is 16.7 Å². The molecule has 1 aliphatic rings. The molecular weight excluding hydrogens is 708 g/mol. The predicted octanol–water partition coefficient (Wildman–Crippen LogP) is 7.72. The Morgan fingerprint density at radius 3 is 2.02 bits per heavy atom. The number of alkyl halides is 6. The summed E-state index contributed by atoms with van der Waals surface area (Å²) in [5.41, 5.74) is 0.319. The molecule has 0 aromatic heterocycles. The molecule has 16 heteroatoms. The van der Waals surface area contributed by atoms with Gasteiger partial charge in [-0.05, 0) is 61.6 Å². The molecule has 286 valence electrons. The molecule has 1 heterocycles. The van der Waals surface area contributed by atoms with Gasteiger partial charge in [0.2, 0.25) is 5.91 Å². The number of nitrogens with zero attached hydrogens (tertiary/aromatic N) is 3. The molecular formula is C37H41F6N5O5.